The second kappa shape index (κ2) is 8.86. The minimum absolute atomic E-state index is 0.0177. The Balaban J connectivity index is 2.48. The van der Waals surface area contributed by atoms with Crippen LogP contribution in [0.15, 0.2) is 24.3 Å². The average Bonchev–Trinajstić information content (AvgIpc) is 2.90. The predicted molar refractivity (Wildman–Crippen MR) is 110 cm³/mol. The van der Waals surface area contributed by atoms with Crippen LogP contribution in [-0.4, -0.2) is 29.5 Å². The van der Waals surface area contributed by atoms with Crippen LogP contribution in [0.5, 0.6) is 0 Å². The summed E-state index contributed by atoms with van der Waals surface area (Å²) in [7, 11) is 3.02. The molecule has 2 rings (SSSR count). The third-order valence-corrected chi connectivity index (χ3v) is 5.44. The number of methoxy groups -OCH3 is 1. The van der Waals surface area contributed by atoms with Crippen molar-refractivity contribution in [1.29, 1.82) is 0 Å². The van der Waals surface area contributed by atoms with E-state index in [1.165, 1.54) is 19.1 Å². The SMILES string of the molecule is CCC(C)(C)CC(C)c1ccccc1N(COC)C(=O)c1c(C)nn(C)c1F. The van der Waals surface area contributed by atoms with Gasteiger partial charge in [0.05, 0.1) is 5.69 Å². The van der Waals surface area contributed by atoms with Gasteiger partial charge >= 0.3 is 0 Å². The van der Waals surface area contributed by atoms with E-state index in [9.17, 15) is 9.18 Å². The summed E-state index contributed by atoms with van der Waals surface area (Å²) < 4.78 is 20.9. The lowest BCUT2D eigenvalue weighted by Crippen LogP contribution is -2.34. The fraction of sp³-hybridized carbons (Fsp3) is 0.545. The largest absolute Gasteiger partial charge is 0.364 e. The van der Waals surface area contributed by atoms with E-state index >= 15 is 0 Å². The second-order valence-corrected chi connectivity index (χ2v) is 8.21. The molecule has 0 radical (unpaired) electrons. The molecule has 5 nitrogen and oxygen atoms in total. The second-order valence-electron chi connectivity index (χ2n) is 8.21. The number of hydrogen-bond acceptors (Lipinski definition) is 3. The van der Waals surface area contributed by atoms with Crippen LogP contribution in [0.2, 0.25) is 0 Å². The number of amides is 1. The molecule has 1 aromatic carbocycles. The Labute approximate surface area is 167 Å². The summed E-state index contributed by atoms with van der Waals surface area (Å²) in [4.78, 5) is 14.8. The van der Waals surface area contributed by atoms with E-state index in [0.29, 0.717) is 5.69 Å². The molecule has 0 N–H and O–H groups in total. The maximum atomic E-state index is 14.5. The standard InChI is InChI=1S/C22H32FN3O2/c1-8-22(4,5)13-15(2)17-11-9-10-12-18(17)26(14-28-7)21(27)19-16(3)24-25(6)20(19)23/h9-12,15H,8,13-14H2,1-7H3. The molecule has 0 aliphatic rings. The Morgan fingerprint density at radius 1 is 1.36 bits per heavy atom. The molecule has 0 saturated carbocycles. The number of aryl methyl sites for hydroxylation is 2. The molecule has 0 bridgehead atoms. The van der Waals surface area contributed by atoms with Crippen molar-refractivity contribution >= 4 is 11.6 Å². The maximum absolute atomic E-state index is 14.5. The molecule has 28 heavy (non-hydrogen) atoms. The molecule has 2 aromatic rings. The molecule has 0 spiro atoms. The first-order valence-electron chi connectivity index (χ1n) is 9.71. The smallest absolute Gasteiger partial charge is 0.266 e. The number of aromatic nitrogens is 2. The number of carbonyl (C=O) groups is 1. The van der Waals surface area contributed by atoms with Crippen LogP contribution in [0.3, 0.4) is 0 Å². The number of para-hydroxylation sites is 1. The zero-order chi connectivity index (χ0) is 21.1. The molecule has 0 saturated heterocycles. The van der Waals surface area contributed by atoms with Crippen molar-refractivity contribution in [3.63, 3.8) is 0 Å². The van der Waals surface area contributed by atoms with Crippen molar-refractivity contribution in [2.45, 2.75) is 53.4 Å². The van der Waals surface area contributed by atoms with Crippen LogP contribution in [-0.2, 0) is 11.8 Å². The first-order chi connectivity index (χ1) is 13.1. The quantitative estimate of drug-likeness (QED) is 0.594. The van der Waals surface area contributed by atoms with Gasteiger partial charge in [-0.3, -0.25) is 9.69 Å². The number of ether oxygens (including phenoxy) is 1. The van der Waals surface area contributed by atoms with Gasteiger partial charge in [0, 0.05) is 19.8 Å². The fourth-order valence-electron chi connectivity index (χ4n) is 3.61. The van der Waals surface area contributed by atoms with Gasteiger partial charge in [-0.15, -0.1) is 0 Å². The highest BCUT2D eigenvalue weighted by molar-refractivity contribution is 6.07. The third kappa shape index (κ3) is 4.61. The zero-order valence-electron chi connectivity index (χ0n) is 18.0. The topological polar surface area (TPSA) is 47.4 Å². The minimum Gasteiger partial charge on any atom is -0.364 e. The number of carbonyl (C=O) groups excluding carboxylic acids is 1. The summed E-state index contributed by atoms with van der Waals surface area (Å²) in [5, 5.41) is 4.04. The number of anilines is 1. The number of benzene rings is 1. The van der Waals surface area contributed by atoms with Crippen molar-refractivity contribution in [3.05, 3.63) is 47.0 Å². The van der Waals surface area contributed by atoms with Crippen LogP contribution in [0.25, 0.3) is 0 Å². The summed E-state index contributed by atoms with van der Waals surface area (Å²) in [5.41, 5.74) is 2.33. The Kier molecular flexibility index (Phi) is 6.99. The lowest BCUT2D eigenvalue weighted by molar-refractivity contribution is 0.0931. The zero-order valence-corrected chi connectivity index (χ0v) is 18.0. The van der Waals surface area contributed by atoms with E-state index in [4.69, 9.17) is 4.74 Å². The summed E-state index contributed by atoms with van der Waals surface area (Å²) >= 11 is 0. The Morgan fingerprint density at radius 3 is 2.54 bits per heavy atom. The number of halogens is 1. The monoisotopic (exact) mass is 389 g/mol. The van der Waals surface area contributed by atoms with Gasteiger partial charge in [-0.05, 0) is 36.3 Å². The van der Waals surface area contributed by atoms with Gasteiger partial charge < -0.3 is 4.74 Å². The molecule has 1 unspecified atom stereocenters. The molecule has 0 aliphatic carbocycles. The molecule has 0 aliphatic heterocycles. The molecular formula is C22H32FN3O2. The highest BCUT2D eigenvalue weighted by atomic mass is 19.1. The van der Waals surface area contributed by atoms with Crippen LogP contribution >= 0.6 is 0 Å². The molecule has 6 heteroatoms. The van der Waals surface area contributed by atoms with Gasteiger partial charge in [0.15, 0.2) is 0 Å². The van der Waals surface area contributed by atoms with Crippen molar-refractivity contribution in [2.75, 3.05) is 18.7 Å². The van der Waals surface area contributed by atoms with Gasteiger partial charge in [0.1, 0.15) is 12.3 Å². The van der Waals surface area contributed by atoms with Crippen LogP contribution in [0, 0.1) is 18.3 Å². The van der Waals surface area contributed by atoms with Gasteiger partial charge in [-0.25, -0.2) is 4.68 Å². The van der Waals surface area contributed by atoms with Gasteiger partial charge in [-0.2, -0.15) is 9.49 Å². The molecule has 1 heterocycles. The van der Waals surface area contributed by atoms with Crippen LogP contribution < -0.4 is 4.90 Å². The van der Waals surface area contributed by atoms with E-state index in [-0.39, 0.29) is 23.6 Å². The molecule has 1 aromatic heterocycles. The average molecular weight is 390 g/mol. The summed E-state index contributed by atoms with van der Waals surface area (Å²) in [6, 6.07) is 7.79. The fourth-order valence-corrected chi connectivity index (χ4v) is 3.61. The van der Waals surface area contributed by atoms with Gasteiger partial charge in [0.25, 0.3) is 5.91 Å². The highest BCUT2D eigenvalue weighted by Gasteiger charge is 2.29. The minimum atomic E-state index is -0.638. The lowest BCUT2D eigenvalue weighted by atomic mass is 9.78. The normalized spacial score (nSPS) is 12.9. The summed E-state index contributed by atoms with van der Waals surface area (Å²) in [6.07, 6.45) is 2.05. The van der Waals surface area contributed by atoms with E-state index in [2.05, 4.69) is 32.8 Å². The van der Waals surface area contributed by atoms with Gasteiger partial charge in [-0.1, -0.05) is 52.3 Å². The molecule has 1 atom stereocenters. The highest BCUT2D eigenvalue weighted by Crippen LogP contribution is 2.38. The van der Waals surface area contributed by atoms with Crippen LogP contribution in [0.1, 0.15) is 68.1 Å². The number of hydrogen-bond donors (Lipinski definition) is 0. The maximum Gasteiger partial charge on any atom is 0.266 e. The first kappa shape index (κ1) is 22.1. The predicted octanol–water partition coefficient (Wildman–Crippen LogP) is 5.05. The van der Waals surface area contributed by atoms with Crippen molar-refractivity contribution in [1.82, 2.24) is 9.78 Å². The van der Waals surface area contributed by atoms with E-state index in [1.54, 1.807) is 6.92 Å². The summed E-state index contributed by atoms with van der Waals surface area (Å²) in [5.74, 6) is -0.848. The first-order valence-corrected chi connectivity index (χ1v) is 9.71. The van der Waals surface area contributed by atoms with Crippen LogP contribution in [0.4, 0.5) is 10.1 Å². The third-order valence-electron chi connectivity index (χ3n) is 5.44. The van der Waals surface area contributed by atoms with Gasteiger partial charge in [0.2, 0.25) is 5.95 Å². The van der Waals surface area contributed by atoms with Crippen molar-refractivity contribution in [3.8, 4) is 0 Å². The van der Waals surface area contributed by atoms with E-state index in [1.807, 2.05) is 24.3 Å². The Bertz CT molecular complexity index is 829. The molecule has 154 valence electrons. The van der Waals surface area contributed by atoms with Crippen molar-refractivity contribution in [2.24, 2.45) is 12.5 Å². The van der Waals surface area contributed by atoms with Crippen molar-refractivity contribution < 1.29 is 13.9 Å². The Hall–Kier alpha value is -2.21. The Morgan fingerprint density at radius 2 is 2.00 bits per heavy atom. The molecule has 1 amide bonds. The van der Waals surface area contributed by atoms with E-state index < -0.39 is 11.9 Å². The van der Waals surface area contributed by atoms with E-state index in [0.717, 1.165) is 28.8 Å². The lowest BCUT2D eigenvalue weighted by Gasteiger charge is -2.30. The number of nitrogens with zero attached hydrogens (tertiary/aromatic N) is 3. The number of rotatable bonds is 8. The molecule has 0 fully saturated rings. The summed E-state index contributed by atoms with van der Waals surface area (Å²) in [6.45, 7) is 10.5. The molecular weight excluding hydrogens is 357 g/mol.